The Morgan fingerprint density at radius 2 is 1.91 bits per heavy atom. The standard InChI is InChI=1S/C13H21FN2O5S/c1-12(2,3)21-11(18)15-7-13(4,8-15)16-6-9(5-10(16)17)22(14,19)20/h9H,5-8H2,1-4H3. The van der Waals surface area contributed by atoms with Crippen molar-refractivity contribution in [3.05, 3.63) is 0 Å². The maximum Gasteiger partial charge on any atom is 0.410 e. The first-order valence-corrected chi connectivity index (χ1v) is 8.48. The molecule has 0 aromatic rings. The van der Waals surface area contributed by atoms with E-state index in [-0.39, 0.29) is 26.1 Å². The van der Waals surface area contributed by atoms with Gasteiger partial charge in [-0.2, -0.15) is 8.42 Å². The SMILES string of the molecule is CC(C)(C)OC(=O)N1CC(C)(N2CC(S(=O)(=O)F)CC2=O)C1. The number of ether oxygens (including phenoxy) is 1. The molecule has 1 atom stereocenters. The zero-order chi connectivity index (χ0) is 16.9. The topological polar surface area (TPSA) is 84.0 Å². The van der Waals surface area contributed by atoms with Crippen LogP contribution in [0.25, 0.3) is 0 Å². The molecule has 0 N–H and O–H groups in total. The van der Waals surface area contributed by atoms with Crippen molar-refractivity contribution in [2.24, 2.45) is 0 Å². The van der Waals surface area contributed by atoms with Gasteiger partial charge in [0.1, 0.15) is 10.9 Å². The Labute approximate surface area is 129 Å². The van der Waals surface area contributed by atoms with Crippen LogP contribution in [-0.4, -0.2) is 66.2 Å². The summed E-state index contributed by atoms with van der Waals surface area (Å²) >= 11 is 0. The fourth-order valence-corrected chi connectivity index (χ4v) is 3.46. The first kappa shape index (κ1) is 17.0. The Hall–Kier alpha value is -1.38. The van der Waals surface area contributed by atoms with Gasteiger partial charge < -0.3 is 14.5 Å². The van der Waals surface area contributed by atoms with E-state index < -0.39 is 38.6 Å². The number of hydrogen-bond acceptors (Lipinski definition) is 5. The lowest BCUT2D eigenvalue weighted by Crippen LogP contribution is -2.70. The predicted molar refractivity (Wildman–Crippen MR) is 76.4 cm³/mol. The quantitative estimate of drug-likeness (QED) is 0.700. The normalized spacial score (nSPS) is 25.1. The molecule has 0 bridgehead atoms. The van der Waals surface area contributed by atoms with Gasteiger partial charge in [0.25, 0.3) is 0 Å². The van der Waals surface area contributed by atoms with E-state index in [2.05, 4.69) is 0 Å². The minimum absolute atomic E-state index is 0.170. The Morgan fingerprint density at radius 1 is 1.36 bits per heavy atom. The molecule has 2 aliphatic rings. The van der Waals surface area contributed by atoms with Crippen LogP contribution in [-0.2, 0) is 19.8 Å². The molecule has 0 aromatic heterocycles. The highest BCUT2D eigenvalue weighted by molar-refractivity contribution is 7.87. The molecule has 2 rings (SSSR count). The largest absolute Gasteiger partial charge is 0.444 e. The van der Waals surface area contributed by atoms with Crippen LogP contribution < -0.4 is 0 Å². The minimum Gasteiger partial charge on any atom is -0.444 e. The molecule has 2 fully saturated rings. The van der Waals surface area contributed by atoms with Gasteiger partial charge in [0.15, 0.2) is 0 Å². The van der Waals surface area contributed by atoms with Crippen molar-refractivity contribution < 1.29 is 26.6 Å². The van der Waals surface area contributed by atoms with Crippen molar-refractivity contribution in [2.75, 3.05) is 19.6 Å². The Balaban J connectivity index is 1.98. The molecule has 1 unspecified atom stereocenters. The zero-order valence-corrected chi connectivity index (χ0v) is 13.9. The van der Waals surface area contributed by atoms with E-state index in [1.807, 2.05) is 0 Å². The third kappa shape index (κ3) is 3.34. The molecule has 9 heteroatoms. The van der Waals surface area contributed by atoms with Crippen LogP contribution in [0.2, 0.25) is 0 Å². The second-order valence-corrected chi connectivity index (χ2v) is 8.76. The van der Waals surface area contributed by atoms with Crippen molar-refractivity contribution in [2.45, 2.75) is 50.5 Å². The summed E-state index contributed by atoms with van der Waals surface area (Å²) in [6.07, 6.45) is -0.827. The van der Waals surface area contributed by atoms with Crippen molar-refractivity contribution >= 4 is 22.2 Å². The van der Waals surface area contributed by atoms with Crippen LogP contribution in [0.1, 0.15) is 34.1 Å². The second kappa shape index (κ2) is 5.07. The Morgan fingerprint density at radius 3 is 2.32 bits per heavy atom. The van der Waals surface area contributed by atoms with Crippen molar-refractivity contribution in [3.63, 3.8) is 0 Å². The van der Waals surface area contributed by atoms with Crippen LogP contribution in [0.15, 0.2) is 0 Å². The summed E-state index contributed by atoms with van der Waals surface area (Å²) in [4.78, 5) is 26.6. The van der Waals surface area contributed by atoms with Gasteiger partial charge in [-0.3, -0.25) is 4.79 Å². The van der Waals surface area contributed by atoms with E-state index in [4.69, 9.17) is 4.74 Å². The molecule has 22 heavy (non-hydrogen) atoms. The van der Waals surface area contributed by atoms with Gasteiger partial charge in [-0.15, -0.1) is 3.89 Å². The maximum absolute atomic E-state index is 13.1. The van der Waals surface area contributed by atoms with E-state index in [0.29, 0.717) is 0 Å². The van der Waals surface area contributed by atoms with Crippen molar-refractivity contribution in [1.29, 1.82) is 0 Å². The zero-order valence-electron chi connectivity index (χ0n) is 13.1. The molecule has 0 radical (unpaired) electrons. The lowest BCUT2D eigenvalue weighted by Gasteiger charge is -2.52. The Bertz CT molecular complexity index is 592. The average Bonchev–Trinajstić information content (AvgIpc) is 2.64. The molecule has 2 heterocycles. The van der Waals surface area contributed by atoms with Crippen LogP contribution in [0, 0.1) is 0 Å². The van der Waals surface area contributed by atoms with Gasteiger partial charge in [0, 0.05) is 26.1 Å². The van der Waals surface area contributed by atoms with Gasteiger partial charge in [-0.05, 0) is 27.7 Å². The van der Waals surface area contributed by atoms with Crippen molar-refractivity contribution in [3.8, 4) is 0 Å². The van der Waals surface area contributed by atoms with Crippen LogP contribution >= 0.6 is 0 Å². The summed E-state index contributed by atoms with van der Waals surface area (Å²) < 4.78 is 40.2. The molecule has 2 aliphatic heterocycles. The van der Waals surface area contributed by atoms with E-state index in [9.17, 15) is 21.9 Å². The summed E-state index contributed by atoms with van der Waals surface area (Å²) in [7, 11) is -4.73. The minimum atomic E-state index is -4.73. The number of rotatable bonds is 2. The third-order valence-electron chi connectivity index (χ3n) is 3.85. The number of hydrogen-bond donors (Lipinski definition) is 0. The van der Waals surface area contributed by atoms with Crippen LogP contribution in [0.3, 0.4) is 0 Å². The fraction of sp³-hybridized carbons (Fsp3) is 0.846. The predicted octanol–water partition coefficient (Wildman–Crippen LogP) is 0.896. The first-order valence-electron chi connectivity index (χ1n) is 7.04. The van der Waals surface area contributed by atoms with Gasteiger partial charge >= 0.3 is 16.3 Å². The second-order valence-electron chi connectivity index (χ2n) is 7.14. The van der Waals surface area contributed by atoms with Gasteiger partial charge in [0.05, 0.1) is 5.54 Å². The number of carbonyl (C=O) groups is 2. The molecule has 0 aromatic carbocycles. The van der Waals surface area contributed by atoms with Gasteiger partial charge in [-0.25, -0.2) is 4.79 Å². The molecule has 0 saturated carbocycles. The molecule has 7 nitrogen and oxygen atoms in total. The molecule has 2 amide bonds. The molecular formula is C13H21FN2O5S. The van der Waals surface area contributed by atoms with Crippen molar-refractivity contribution in [1.82, 2.24) is 9.80 Å². The van der Waals surface area contributed by atoms with Crippen LogP contribution in [0.5, 0.6) is 0 Å². The van der Waals surface area contributed by atoms with Gasteiger partial charge in [0.2, 0.25) is 5.91 Å². The highest BCUT2D eigenvalue weighted by Gasteiger charge is 2.53. The average molecular weight is 336 g/mol. The molecule has 126 valence electrons. The monoisotopic (exact) mass is 336 g/mol. The highest BCUT2D eigenvalue weighted by Crippen LogP contribution is 2.34. The number of nitrogens with zero attached hydrogens (tertiary/aromatic N) is 2. The lowest BCUT2D eigenvalue weighted by molar-refractivity contribution is -0.139. The molecule has 0 aliphatic carbocycles. The maximum atomic E-state index is 13.1. The summed E-state index contributed by atoms with van der Waals surface area (Å²) in [6, 6.07) is 0. The number of amides is 2. The summed E-state index contributed by atoms with van der Waals surface area (Å²) in [5, 5.41) is -1.31. The first-order chi connectivity index (χ1) is 9.82. The lowest BCUT2D eigenvalue weighted by atomic mass is 9.90. The van der Waals surface area contributed by atoms with Gasteiger partial charge in [-0.1, -0.05) is 0 Å². The van der Waals surface area contributed by atoms with Crippen LogP contribution in [0.4, 0.5) is 8.68 Å². The number of halogens is 1. The fourth-order valence-electron chi connectivity index (χ4n) is 2.79. The molecule has 2 saturated heterocycles. The van der Waals surface area contributed by atoms with E-state index >= 15 is 0 Å². The smallest absolute Gasteiger partial charge is 0.410 e. The summed E-state index contributed by atoms with van der Waals surface area (Å²) in [5.41, 5.74) is -1.28. The summed E-state index contributed by atoms with van der Waals surface area (Å²) in [6.45, 7) is 7.33. The molecule has 0 spiro atoms. The number of likely N-dealkylation sites (tertiary alicyclic amines) is 2. The number of carbonyl (C=O) groups excluding carboxylic acids is 2. The summed E-state index contributed by atoms with van der Waals surface area (Å²) in [5.74, 6) is -0.405. The third-order valence-corrected chi connectivity index (χ3v) is 4.97. The van der Waals surface area contributed by atoms with E-state index in [0.717, 1.165) is 0 Å². The molecular weight excluding hydrogens is 315 g/mol. The van der Waals surface area contributed by atoms with E-state index in [1.165, 1.54) is 9.80 Å². The highest BCUT2D eigenvalue weighted by atomic mass is 32.3. The van der Waals surface area contributed by atoms with E-state index in [1.54, 1.807) is 27.7 Å². The Kier molecular flexibility index (Phi) is 3.92.